The van der Waals surface area contributed by atoms with Crippen LogP contribution in [-0.2, 0) is 16.1 Å². The summed E-state index contributed by atoms with van der Waals surface area (Å²) < 4.78 is 12.1. The van der Waals surface area contributed by atoms with Crippen LogP contribution in [0.3, 0.4) is 0 Å². The molecule has 0 aliphatic heterocycles. The molecule has 1 fully saturated rings. The molecule has 24 heavy (non-hydrogen) atoms. The zero-order valence-electron chi connectivity index (χ0n) is 13.9. The second-order valence-corrected chi connectivity index (χ2v) is 6.09. The first-order valence-electron chi connectivity index (χ1n) is 8.58. The Labute approximate surface area is 140 Å². The minimum Gasteiger partial charge on any atom is -0.461 e. The van der Waals surface area contributed by atoms with Crippen molar-refractivity contribution in [3.8, 4) is 0 Å². The van der Waals surface area contributed by atoms with Gasteiger partial charge >= 0.3 is 5.97 Å². The van der Waals surface area contributed by atoms with Crippen LogP contribution >= 0.6 is 0 Å². The number of aromatic nitrogens is 3. The zero-order chi connectivity index (χ0) is 16.9. The molecule has 130 valence electrons. The van der Waals surface area contributed by atoms with Gasteiger partial charge in [0.2, 0.25) is 0 Å². The lowest BCUT2D eigenvalue weighted by Crippen LogP contribution is -2.18. The summed E-state index contributed by atoms with van der Waals surface area (Å²) in [5, 5.41) is 2.72. The molecule has 0 amide bonds. The van der Waals surface area contributed by atoms with Gasteiger partial charge < -0.3 is 9.47 Å². The van der Waals surface area contributed by atoms with Crippen molar-refractivity contribution in [1.29, 1.82) is 0 Å². The van der Waals surface area contributed by atoms with Crippen molar-refractivity contribution in [2.45, 2.75) is 58.2 Å². The quantitative estimate of drug-likeness (QED) is 0.671. The normalized spacial score (nSPS) is 16.2. The monoisotopic (exact) mass is 333 g/mol. The van der Waals surface area contributed by atoms with Crippen LogP contribution in [-0.4, -0.2) is 33.3 Å². The van der Waals surface area contributed by atoms with Gasteiger partial charge in [-0.25, -0.2) is 14.3 Å². The lowest BCUT2D eigenvalue weighted by atomic mass is 10.1. The molecule has 7 heteroatoms. The maximum absolute atomic E-state index is 12.2. The molecule has 3 rings (SSSR count). The van der Waals surface area contributed by atoms with E-state index < -0.39 is 5.97 Å². The third-order valence-corrected chi connectivity index (χ3v) is 4.27. The first-order valence-corrected chi connectivity index (χ1v) is 8.58. The van der Waals surface area contributed by atoms with Crippen LogP contribution in [0.4, 0.5) is 0 Å². The molecule has 0 aromatic carbocycles. The number of hydrogen-bond acceptors (Lipinski definition) is 5. The average Bonchev–Trinajstić information content (AvgIpc) is 2.83. The van der Waals surface area contributed by atoms with Crippen LogP contribution in [0.25, 0.3) is 5.65 Å². The summed E-state index contributed by atoms with van der Waals surface area (Å²) in [6, 6.07) is 2.96. The Balaban J connectivity index is 1.74. The third kappa shape index (κ3) is 3.84. The van der Waals surface area contributed by atoms with Crippen molar-refractivity contribution in [2.75, 3.05) is 6.61 Å². The maximum Gasteiger partial charge on any atom is 0.356 e. The van der Waals surface area contributed by atoms with Gasteiger partial charge in [-0.2, -0.15) is 0 Å². The fourth-order valence-electron chi connectivity index (χ4n) is 3.04. The number of hydrogen-bond donors (Lipinski definition) is 1. The molecular weight excluding hydrogens is 310 g/mol. The Kier molecular flexibility index (Phi) is 5.30. The van der Waals surface area contributed by atoms with Gasteiger partial charge in [0.15, 0.2) is 5.65 Å². The van der Waals surface area contributed by atoms with E-state index >= 15 is 0 Å². The van der Waals surface area contributed by atoms with Gasteiger partial charge in [-0.1, -0.05) is 25.7 Å². The summed E-state index contributed by atoms with van der Waals surface area (Å²) in [5.41, 5.74) is 0.918. The highest BCUT2D eigenvalue weighted by Crippen LogP contribution is 2.20. The van der Waals surface area contributed by atoms with E-state index in [0.717, 1.165) is 12.8 Å². The highest BCUT2D eigenvalue weighted by molar-refractivity contribution is 5.88. The van der Waals surface area contributed by atoms with Crippen LogP contribution in [0, 0.1) is 0 Å². The van der Waals surface area contributed by atoms with E-state index in [1.807, 2.05) is 0 Å². The molecular formula is C17H23N3O4. The number of nitrogens with zero attached hydrogens (tertiary/aromatic N) is 2. The average molecular weight is 333 g/mol. The topological polar surface area (TPSA) is 85.7 Å². The molecule has 0 radical (unpaired) electrons. The number of esters is 1. The van der Waals surface area contributed by atoms with Crippen molar-refractivity contribution in [3.05, 3.63) is 33.9 Å². The third-order valence-electron chi connectivity index (χ3n) is 4.27. The molecule has 0 atom stereocenters. The predicted octanol–water partition coefficient (Wildman–Crippen LogP) is 2.44. The Morgan fingerprint density at radius 2 is 2.04 bits per heavy atom. The first kappa shape index (κ1) is 16.7. The second kappa shape index (κ2) is 7.61. The number of rotatable bonds is 5. The fraction of sp³-hybridized carbons (Fsp3) is 0.588. The maximum atomic E-state index is 12.2. The molecule has 2 aromatic rings. The molecule has 0 spiro atoms. The van der Waals surface area contributed by atoms with Crippen LogP contribution in [0.2, 0.25) is 0 Å². The minimum atomic E-state index is -0.501. The van der Waals surface area contributed by atoms with Gasteiger partial charge in [-0.05, 0) is 19.8 Å². The first-order chi connectivity index (χ1) is 11.7. The number of H-pyrrole nitrogens is 1. The van der Waals surface area contributed by atoms with Crippen molar-refractivity contribution >= 4 is 11.6 Å². The molecule has 0 bridgehead atoms. The highest BCUT2D eigenvalue weighted by Gasteiger charge is 2.15. The van der Waals surface area contributed by atoms with Gasteiger partial charge in [0, 0.05) is 12.1 Å². The zero-order valence-corrected chi connectivity index (χ0v) is 13.9. The smallest absolute Gasteiger partial charge is 0.356 e. The van der Waals surface area contributed by atoms with Crippen molar-refractivity contribution in [1.82, 2.24) is 14.6 Å². The minimum absolute atomic E-state index is 0.211. The van der Waals surface area contributed by atoms with E-state index in [1.54, 1.807) is 6.92 Å². The van der Waals surface area contributed by atoms with Crippen LogP contribution in [0.5, 0.6) is 0 Å². The standard InChI is InChI=1S/C17H23N3O4/c1-2-23-17(22)14-10-15-18-12(9-16(21)20(15)19-14)11-24-13-7-5-3-4-6-8-13/h9-10,13,19H,2-8,11H2,1H3. The molecule has 7 nitrogen and oxygen atoms in total. The predicted molar refractivity (Wildman–Crippen MR) is 88.0 cm³/mol. The Bertz CT molecular complexity index is 757. The number of carbonyl (C=O) groups is 1. The summed E-state index contributed by atoms with van der Waals surface area (Å²) in [4.78, 5) is 28.3. The SMILES string of the molecule is CCOC(=O)c1cc2nc(COC3CCCCCC3)cc(=O)n2[nH]1. The van der Waals surface area contributed by atoms with Crippen molar-refractivity contribution in [3.63, 3.8) is 0 Å². The van der Waals surface area contributed by atoms with Crippen LogP contribution in [0.1, 0.15) is 61.6 Å². The summed E-state index contributed by atoms with van der Waals surface area (Å²) in [7, 11) is 0. The van der Waals surface area contributed by atoms with E-state index in [-0.39, 0.29) is 24.0 Å². The van der Waals surface area contributed by atoms with Gasteiger partial charge in [0.05, 0.1) is 25.0 Å². The van der Waals surface area contributed by atoms with Gasteiger partial charge in [-0.3, -0.25) is 9.89 Å². The largest absolute Gasteiger partial charge is 0.461 e. The van der Waals surface area contributed by atoms with Crippen molar-refractivity contribution in [2.24, 2.45) is 0 Å². The summed E-state index contributed by atoms with van der Waals surface area (Å²) >= 11 is 0. The Morgan fingerprint density at radius 1 is 1.29 bits per heavy atom. The molecule has 2 aromatic heterocycles. The van der Waals surface area contributed by atoms with Crippen molar-refractivity contribution < 1.29 is 14.3 Å². The molecule has 0 saturated heterocycles. The Hall–Kier alpha value is -2.15. The fourth-order valence-corrected chi connectivity index (χ4v) is 3.04. The summed E-state index contributed by atoms with van der Waals surface area (Å²) in [5.74, 6) is -0.501. The summed E-state index contributed by atoms with van der Waals surface area (Å²) in [6.45, 7) is 2.32. The van der Waals surface area contributed by atoms with Crippen LogP contribution in [0.15, 0.2) is 16.9 Å². The van der Waals surface area contributed by atoms with E-state index in [9.17, 15) is 9.59 Å². The number of nitrogens with one attached hydrogen (secondary N) is 1. The highest BCUT2D eigenvalue weighted by atomic mass is 16.5. The van der Waals surface area contributed by atoms with E-state index in [0.29, 0.717) is 17.9 Å². The van der Waals surface area contributed by atoms with Gasteiger partial charge in [0.25, 0.3) is 5.56 Å². The Morgan fingerprint density at radius 3 is 2.75 bits per heavy atom. The number of fused-ring (bicyclic) bond motifs is 1. The van der Waals surface area contributed by atoms with Gasteiger partial charge in [0.1, 0.15) is 5.69 Å². The molecule has 1 N–H and O–H groups in total. The molecule has 1 saturated carbocycles. The second-order valence-electron chi connectivity index (χ2n) is 6.09. The lowest BCUT2D eigenvalue weighted by molar-refractivity contribution is 0.0292. The summed E-state index contributed by atoms with van der Waals surface area (Å²) in [6.07, 6.45) is 7.31. The number of carbonyl (C=O) groups excluding carboxylic acids is 1. The molecule has 0 unspecified atom stereocenters. The van der Waals surface area contributed by atoms with E-state index in [4.69, 9.17) is 9.47 Å². The molecule has 2 heterocycles. The van der Waals surface area contributed by atoms with Crippen LogP contribution < -0.4 is 5.56 Å². The van der Waals surface area contributed by atoms with E-state index in [1.165, 1.54) is 42.3 Å². The number of ether oxygens (including phenoxy) is 2. The molecule has 1 aliphatic rings. The van der Waals surface area contributed by atoms with Gasteiger partial charge in [-0.15, -0.1) is 0 Å². The lowest BCUT2D eigenvalue weighted by Gasteiger charge is -2.14. The van der Waals surface area contributed by atoms with E-state index in [2.05, 4.69) is 10.1 Å². The molecule has 1 aliphatic carbocycles. The number of aromatic amines is 1.